The largest absolute Gasteiger partial charge is 0.484 e. The predicted molar refractivity (Wildman–Crippen MR) is 93.1 cm³/mol. The lowest BCUT2D eigenvalue weighted by Gasteiger charge is -2.13. The monoisotopic (exact) mass is 327 g/mol. The van der Waals surface area contributed by atoms with Crippen LogP contribution in [0.3, 0.4) is 0 Å². The Kier molecular flexibility index (Phi) is 5.78. The van der Waals surface area contributed by atoms with Gasteiger partial charge in [-0.15, -0.1) is 0 Å². The van der Waals surface area contributed by atoms with Crippen LogP contribution in [0, 0.1) is 6.92 Å². The minimum Gasteiger partial charge on any atom is -0.484 e. The Hall–Kier alpha value is -3.02. The first-order valence-corrected chi connectivity index (χ1v) is 7.52. The van der Waals surface area contributed by atoms with E-state index in [0.717, 1.165) is 11.3 Å². The first-order valence-electron chi connectivity index (χ1n) is 7.52. The summed E-state index contributed by atoms with van der Waals surface area (Å²) < 4.78 is 5.34. The number of amides is 2. The van der Waals surface area contributed by atoms with Crippen molar-refractivity contribution >= 4 is 17.5 Å². The van der Waals surface area contributed by atoms with Crippen LogP contribution in [0.1, 0.15) is 15.9 Å². The molecule has 0 spiro atoms. The van der Waals surface area contributed by atoms with Crippen molar-refractivity contribution in [3.05, 3.63) is 59.7 Å². The molecule has 0 atom stereocenters. The zero-order valence-corrected chi connectivity index (χ0v) is 14.0. The SMILES string of the molecule is Cc1ccc(OCC(=O)NNC(=O)c2cccc(N(C)C)c2)cc1. The summed E-state index contributed by atoms with van der Waals surface area (Å²) in [6.45, 7) is 1.79. The van der Waals surface area contributed by atoms with E-state index in [4.69, 9.17) is 4.74 Å². The lowest BCUT2D eigenvalue weighted by atomic mass is 10.2. The van der Waals surface area contributed by atoms with Crippen molar-refractivity contribution in [3.8, 4) is 5.75 Å². The Bertz CT molecular complexity index is 712. The highest BCUT2D eigenvalue weighted by molar-refractivity contribution is 5.96. The molecule has 0 aliphatic rings. The normalized spacial score (nSPS) is 9.96. The van der Waals surface area contributed by atoms with Crippen molar-refractivity contribution in [2.24, 2.45) is 0 Å². The minimum atomic E-state index is -0.437. The second-order valence-corrected chi connectivity index (χ2v) is 5.55. The maximum Gasteiger partial charge on any atom is 0.276 e. The van der Waals surface area contributed by atoms with Gasteiger partial charge in [0.15, 0.2) is 6.61 Å². The highest BCUT2D eigenvalue weighted by atomic mass is 16.5. The fraction of sp³-hybridized carbons (Fsp3) is 0.222. The number of rotatable bonds is 5. The van der Waals surface area contributed by atoms with Crippen molar-refractivity contribution < 1.29 is 14.3 Å². The minimum absolute atomic E-state index is 0.179. The molecule has 24 heavy (non-hydrogen) atoms. The second-order valence-electron chi connectivity index (χ2n) is 5.55. The van der Waals surface area contributed by atoms with Crippen LogP contribution in [0.25, 0.3) is 0 Å². The summed E-state index contributed by atoms with van der Waals surface area (Å²) >= 11 is 0. The number of hydrogen-bond acceptors (Lipinski definition) is 4. The Balaban J connectivity index is 1.81. The van der Waals surface area contributed by atoms with Gasteiger partial charge in [0.2, 0.25) is 0 Å². The summed E-state index contributed by atoms with van der Waals surface area (Å²) in [5, 5.41) is 0. The fourth-order valence-corrected chi connectivity index (χ4v) is 1.94. The van der Waals surface area contributed by atoms with Crippen LogP contribution in [0.2, 0.25) is 0 Å². The van der Waals surface area contributed by atoms with E-state index >= 15 is 0 Å². The molecule has 2 N–H and O–H groups in total. The van der Waals surface area contributed by atoms with Crippen LogP contribution in [-0.2, 0) is 4.79 Å². The number of aryl methyl sites for hydroxylation is 1. The summed E-state index contributed by atoms with van der Waals surface area (Å²) in [6, 6.07) is 14.5. The molecule has 0 fully saturated rings. The summed E-state index contributed by atoms with van der Waals surface area (Å²) in [6.07, 6.45) is 0. The van der Waals surface area contributed by atoms with E-state index in [0.29, 0.717) is 11.3 Å². The quantitative estimate of drug-likeness (QED) is 0.823. The molecule has 126 valence electrons. The van der Waals surface area contributed by atoms with Gasteiger partial charge in [0.1, 0.15) is 5.75 Å². The molecule has 0 saturated heterocycles. The molecule has 0 saturated carbocycles. The average Bonchev–Trinajstić information content (AvgIpc) is 2.59. The van der Waals surface area contributed by atoms with Gasteiger partial charge >= 0.3 is 0 Å². The zero-order chi connectivity index (χ0) is 17.5. The number of ether oxygens (including phenoxy) is 1. The van der Waals surface area contributed by atoms with Gasteiger partial charge in [0, 0.05) is 25.3 Å². The third kappa shape index (κ3) is 5.01. The Labute approximate surface area is 141 Å². The number of carbonyl (C=O) groups excluding carboxylic acids is 2. The van der Waals surface area contributed by atoms with E-state index in [9.17, 15) is 9.59 Å². The zero-order valence-electron chi connectivity index (χ0n) is 14.0. The number of benzene rings is 2. The van der Waals surface area contributed by atoms with Crippen LogP contribution in [-0.4, -0.2) is 32.5 Å². The molecule has 0 unspecified atom stereocenters. The number of nitrogens with one attached hydrogen (secondary N) is 2. The van der Waals surface area contributed by atoms with E-state index in [1.807, 2.05) is 44.1 Å². The van der Waals surface area contributed by atoms with E-state index in [1.54, 1.807) is 30.3 Å². The molecule has 0 aliphatic heterocycles. The smallest absolute Gasteiger partial charge is 0.276 e. The molecule has 6 heteroatoms. The van der Waals surface area contributed by atoms with Crippen LogP contribution in [0.4, 0.5) is 5.69 Å². The molecule has 0 radical (unpaired) electrons. The van der Waals surface area contributed by atoms with E-state index < -0.39 is 5.91 Å². The summed E-state index contributed by atoms with van der Waals surface area (Å²) in [5.41, 5.74) is 7.18. The molecule has 0 bridgehead atoms. The third-order valence-electron chi connectivity index (χ3n) is 3.33. The van der Waals surface area contributed by atoms with Crippen molar-refractivity contribution in [3.63, 3.8) is 0 Å². The maximum atomic E-state index is 12.1. The molecular formula is C18H21N3O3. The Morgan fingerprint density at radius 3 is 2.42 bits per heavy atom. The number of nitrogens with zero attached hydrogens (tertiary/aromatic N) is 1. The van der Waals surface area contributed by atoms with Crippen LogP contribution < -0.4 is 20.5 Å². The molecule has 6 nitrogen and oxygen atoms in total. The average molecular weight is 327 g/mol. The van der Waals surface area contributed by atoms with Crippen molar-refractivity contribution in [2.75, 3.05) is 25.6 Å². The standard InChI is InChI=1S/C18H21N3O3/c1-13-7-9-16(10-8-13)24-12-17(22)19-20-18(23)14-5-4-6-15(11-14)21(2)3/h4-11H,12H2,1-3H3,(H,19,22)(H,20,23). The lowest BCUT2D eigenvalue weighted by Crippen LogP contribution is -2.43. The van der Waals surface area contributed by atoms with Crippen LogP contribution >= 0.6 is 0 Å². The van der Waals surface area contributed by atoms with Gasteiger partial charge in [-0.3, -0.25) is 20.4 Å². The molecule has 0 heterocycles. The summed E-state index contributed by atoms with van der Waals surface area (Å²) in [4.78, 5) is 25.7. The first kappa shape index (κ1) is 17.3. The molecule has 0 aliphatic carbocycles. The number of carbonyl (C=O) groups is 2. The molecule has 2 rings (SSSR count). The highest BCUT2D eigenvalue weighted by Gasteiger charge is 2.09. The highest BCUT2D eigenvalue weighted by Crippen LogP contribution is 2.13. The van der Waals surface area contributed by atoms with Crippen molar-refractivity contribution in [1.29, 1.82) is 0 Å². The Morgan fingerprint density at radius 1 is 1.04 bits per heavy atom. The van der Waals surface area contributed by atoms with Crippen LogP contribution in [0.15, 0.2) is 48.5 Å². The number of hydrazine groups is 1. The van der Waals surface area contributed by atoms with Gasteiger partial charge < -0.3 is 9.64 Å². The van der Waals surface area contributed by atoms with Gasteiger partial charge in [0.05, 0.1) is 0 Å². The fourth-order valence-electron chi connectivity index (χ4n) is 1.94. The van der Waals surface area contributed by atoms with Gasteiger partial charge in [-0.1, -0.05) is 23.8 Å². The maximum absolute atomic E-state index is 12.1. The summed E-state index contributed by atoms with van der Waals surface area (Å²) in [7, 11) is 3.78. The van der Waals surface area contributed by atoms with Crippen LogP contribution in [0.5, 0.6) is 5.75 Å². The lowest BCUT2D eigenvalue weighted by molar-refractivity contribution is -0.123. The number of anilines is 1. The summed E-state index contributed by atoms with van der Waals surface area (Å²) in [5.74, 6) is -0.226. The van der Waals surface area contributed by atoms with Crippen molar-refractivity contribution in [2.45, 2.75) is 6.92 Å². The van der Waals surface area contributed by atoms with E-state index in [1.165, 1.54) is 0 Å². The van der Waals surface area contributed by atoms with Gasteiger partial charge in [0.25, 0.3) is 11.8 Å². The number of hydrogen-bond donors (Lipinski definition) is 2. The van der Waals surface area contributed by atoms with E-state index in [2.05, 4.69) is 10.9 Å². The topological polar surface area (TPSA) is 70.7 Å². The molecule has 2 aromatic rings. The van der Waals surface area contributed by atoms with Crippen molar-refractivity contribution in [1.82, 2.24) is 10.9 Å². The first-order chi connectivity index (χ1) is 11.5. The molecule has 2 amide bonds. The van der Waals surface area contributed by atoms with Gasteiger partial charge in [-0.25, -0.2) is 0 Å². The van der Waals surface area contributed by atoms with Gasteiger partial charge in [-0.05, 0) is 37.3 Å². The molecule has 2 aromatic carbocycles. The Morgan fingerprint density at radius 2 is 1.75 bits per heavy atom. The second kappa shape index (κ2) is 8.01. The predicted octanol–water partition coefficient (Wildman–Crippen LogP) is 1.90. The van der Waals surface area contributed by atoms with Gasteiger partial charge in [-0.2, -0.15) is 0 Å². The molecular weight excluding hydrogens is 306 g/mol. The third-order valence-corrected chi connectivity index (χ3v) is 3.33. The molecule has 0 aromatic heterocycles. The van der Waals surface area contributed by atoms with E-state index in [-0.39, 0.29) is 12.5 Å².